The van der Waals surface area contributed by atoms with Gasteiger partial charge in [-0.25, -0.2) is 8.42 Å². The second-order valence-electron chi connectivity index (χ2n) is 7.54. The first-order valence-corrected chi connectivity index (χ1v) is 11.4. The van der Waals surface area contributed by atoms with Crippen molar-refractivity contribution >= 4 is 21.6 Å². The van der Waals surface area contributed by atoms with E-state index in [1.807, 2.05) is 58.0 Å². The minimum absolute atomic E-state index is 0.282. The number of aryl methyl sites for hydroxylation is 3. The Morgan fingerprint density at radius 3 is 2.21 bits per heavy atom. The molecule has 7 heteroatoms. The van der Waals surface area contributed by atoms with Crippen molar-refractivity contribution in [3.63, 3.8) is 0 Å². The summed E-state index contributed by atoms with van der Waals surface area (Å²) in [5.41, 5.74) is 3.63. The zero-order valence-electron chi connectivity index (χ0n) is 17.9. The Morgan fingerprint density at radius 2 is 1.66 bits per heavy atom. The number of hydrogen-bond donors (Lipinski definition) is 1. The molecule has 0 aliphatic heterocycles. The van der Waals surface area contributed by atoms with E-state index in [1.165, 1.54) is 0 Å². The van der Waals surface area contributed by atoms with Crippen molar-refractivity contribution in [3.05, 3.63) is 59.2 Å². The Balaban J connectivity index is 2.08. The summed E-state index contributed by atoms with van der Waals surface area (Å²) in [5, 5.41) is 2.84. The first-order chi connectivity index (χ1) is 13.5. The molecule has 0 saturated carbocycles. The molecule has 0 radical (unpaired) electrons. The van der Waals surface area contributed by atoms with Gasteiger partial charge in [0.25, 0.3) is 0 Å². The zero-order valence-corrected chi connectivity index (χ0v) is 18.7. The third kappa shape index (κ3) is 6.22. The third-order valence-corrected chi connectivity index (χ3v) is 5.98. The number of anilines is 1. The molecule has 0 aliphatic carbocycles. The molecule has 0 heterocycles. The lowest BCUT2D eigenvalue weighted by Gasteiger charge is -2.29. The molecule has 0 aromatic heterocycles. The molecule has 2 atom stereocenters. The molecule has 0 spiro atoms. The van der Waals surface area contributed by atoms with E-state index >= 15 is 0 Å². The van der Waals surface area contributed by atoms with Crippen molar-refractivity contribution in [1.29, 1.82) is 0 Å². The van der Waals surface area contributed by atoms with E-state index in [0.717, 1.165) is 33.0 Å². The quantitative estimate of drug-likeness (QED) is 0.713. The van der Waals surface area contributed by atoms with Gasteiger partial charge in [-0.05, 0) is 70.0 Å². The number of ether oxygens (including phenoxy) is 1. The first-order valence-electron chi connectivity index (χ1n) is 9.55. The molecule has 2 aromatic carbocycles. The van der Waals surface area contributed by atoms with Gasteiger partial charge in [0.2, 0.25) is 15.9 Å². The van der Waals surface area contributed by atoms with Gasteiger partial charge in [0.1, 0.15) is 18.4 Å². The highest BCUT2D eigenvalue weighted by molar-refractivity contribution is 7.92. The van der Waals surface area contributed by atoms with Crippen LogP contribution in [0.25, 0.3) is 0 Å². The van der Waals surface area contributed by atoms with E-state index in [0.29, 0.717) is 5.69 Å². The smallest absolute Gasteiger partial charge is 0.243 e. The summed E-state index contributed by atoms with van der Waals surface area (Å²) in [6.45, 7) is 9.55. The largest absolute Gasteiger partial charge is 0.491 e. The van der Waals surface area contributed by atoms with Gasteiger partial charge >= 0.3 is 0 Å². The van der Waals surface area contributed by atoms with Crippen LogP contribution in [0.3, 0.4) is 0 Å². The van der Waals surface area contributed by atoms with Gasteiger partial charge in [0, 0.05) is 0 Å². The highest BCUT2D eigenvalue weighted by Gasteiger charge is 2.30. The van der Waals surface area contributed by atoms with Crippen LogP contribution in [0.4, 0.5) is 5.69 Å². The molecule has 0 bridgehead atoms. The van der Waals surface area contributed by atoms with Gasteiger partial charge in [0.05, 0.1) is 18.0 Å². The average Bonchev–Trinajstić information content (AvgIpc) is 2.63. The maximum absolute atomic E-state index is 12.7. The van der Waals surface area contributed by atoms with Crippen LogP contribution in [0, 0.1) is 20.8 Å². The summed E-state index contributed by atoms with van der Waals surface area (Å²) in [4.78, 5) is 12.7. The topological polar surface area (TPSA) is 75.7 Å². The van der Waals surface area contributed by atoms with E-state index in [9.17, 15) is 13.2 Å². The predicted molar refractivity (Wildman–Crippen MR) is 117 cm³/mol. The van der Waals surface area contributed by atoms with Crippen molar-refractivity contribution in [1.82, 2.24) is 5.32 Å². The highest BCUT2D eigenvalue weighted by atomic mass is 32.2. The summed E-state index contributed by atoms with van der Waals surface area (Å²) in [5.74, 6) is 0.339. The lowest BCUT2D eigenvalue weighted by molar-refractivity contribution is -0.122. The number of amides is 1. The summed E-state index contributed by atoms with van der Waals surface area (Å²) in [6.07, 6.45) is 1.11. The van der Waals surface area contributed by atoms with Gasteiger partial charge < -0.3 is 10.1 Å². The molecule has 2 rings (SSSR count). The summed E-state index contributed by atoms with van der Waals surface area (Å²) in [6, 6.07) is 11.8. The molecule has 2 aromatic rings. The standard InChI is InChI=1S/C22H30N2O4S/c1-15-7-11-21(12-8-15)28-14-18(4)23-22(25)19(5)24(29(6,26)27)20-10-9-16(2)17(3)13-20/h7-13,18-19H,14H2,1-6H3,(H,23,25). The zero-order chi connectivity index (χ0) is 21.8. The fraction of sp³-hybridized carbons (Fsp3) is 0.409. The van der Waals surface area contributed by atoms with E-state index in [2.05, 4.69) is 5.32 Å². The van der Waals surface area contributed by atoms with Gasteiger partial charge in [-0.15, -0.1) is 0 Å². The Morgan fingerprint density at radius 1 is 1.03 bits per heavy atom. The van der Waals surface area contributed by atoms with Crippen LogP contribution in [0.2, 0.25) is 0 Å². The van der Waals surface area contributed by atoms with Gasteiger partial charge in [-0.1, -0.05) is 23.8 Å². The third-order valence-electron chi connectivity index (χ3n) is 4.74. The Kier molecular flexibility index (Phi) is 7.30. The first kappa shape index (κ1) is 22.7. The number of rotatable bonds is 8. The van der Waals surface area contributed by atoms with Crippen molar-refractivity contribution in [3.8, 4) is 5.75 Å². The fourth-order valence-electron chi connectivity index (χ4n) is 2.93. The monoisotopic (exact) mass is 418 g/mol. The second-order valence-corrected chi connectivity index (χ2v) is 9.40. The molecule has 6 nitrogen and oxygen atoms in total. The van der Waals surface area contributed by atoms with Crippen LogP contribution < -0.4 is 14.4 Å². The highest BCUT2D eigenvalue weighted by Crippen LogP contribution is 2.23. The van der Waals surface area contributed by atoms with Crippen LogP contribution >= 0.6 is 0 Å². The van der Waals surface area contributed by atoms with Crippen molar-refractivity contribution in [2.75, 3.05) is 17.2 Å². The van der Waals surface area contributed by atoms with Gasteiger partial charge in [-0.3, -0.25) is 9.10 Å². The number of nitrogens with one attached hydrogen (secondary N) is 1. The molecule has 158 valence electrons. The predicted octanol–water partition coefficient (Wildman–Crippen LogP) is 3.35. The number of carbonyl (C=O) groups excluding carboxylic acids is 1. The maximum Gasteiger partial charge on any atom is 0.243 e. The van der Waals surface area contributed by atoms with Crippen LogP contribution in [0.1, 0.15) is 30.5 Å². The van der Waals surface area contributed by atoms with Crippen LogP contribution in [0.15, 0.2) is 42.5 Å². The minimum atomic E-state index is -3.65. The molecule has 1 N–H and O–H groups in total. The Hall–Kier alpha value is -2.54. The maximum atomic E-state index is 12.7. The number of sulfonamides is 1. The normalized spacial score (nSPS) is 13.4. The number of benzene rings is 2. The molecule has 1 amide bonds. The number of hydrogen-bond acceptors (Lipinski definition) is 4. The SMILES string of the molecule is Cc1ccc(OCC(C)NC(=O)C(C)N(c2ccc(C)c(C)c2)S(C)(=O)=O)cc1. The minimum Gasteiger partial charge on any atom is -0.491 e. The van der Waals surface area contributed by atoms with Crippen LogP contribution in [0.5, 0.6) is 5.75 Å². The van der Waals surface area contributed by atoms with Gasteiger partial charge in [-0.2, -0.15) is 0 Å². The van der Waals surface area contributed by atoms with E-state index in [4.69, 9.17) is 4.74 Å². The second kappa shape index (κ2) is 9.31. The summed E-state index contributed by atoms with van der Waals surface area (Å²) >= 11 is 0. The summed E-state index contributed by atoms with van der Waals surface area (Å²) in [7, 11) is -3.65. The van der Waals surface area contributed by atoms with E-state index in [-0.39, 0.29) is 18.6 Å². The van der Waals surface area contributed by atoms with Crippen molar-refractivity contribution in [2.24, 2.45) is 0 Å². The number of nitrogens with zero attached hydrogens (tertiary/aromatic N) is 1. The fourth-order valence-corrected chi connectivity index (χ4v) is 4.10. The molecule has 0 fully saturated rings. The lowest BCUT2D eigenvalue weighted by atomic mass is 10.1. The van der Waals surface area contributed by atoms with Crippen molar-refractivity contribution in [2.45, 2.75) is 46.7 Å². The summed E-state index contributed by atoms with van der Waals surface area (Å²) < 4.78 is 31.7. The molecular formula is C22H30N2O4S. The van der Waals surface area contributed by atoms with Crippen LogP contribution in [-0.2, 0) is 14.8 Å². The molecule has 0 saturated heterocycles. The number of carbonyl (C=O) groups is 1. The molecule has 29 heavy (non-hydrogen) atoms. The molecular weight excluding hydrogens is 388 g/mol. The molecule has 2 unspecified atom stereocenters. The van der Waals surface area contributed by atoms with E-state index < -0.39 is 16.1 Å². The van der Waals surface area contributed by atoms with E-state index in [1.54, 1.807) is 19.1 Å². The van der Waals surface area contributed by atoms with Crippen molar-refractivity contribution < 1.29 is 17.9 Å². The Bertz CT molecular complexity index is 955. The average molecular weight is 419 g/mol. The lowest BCUT2D eigenvalue weighted by Crippen LogP contribution is -2.50. The molecule has 0 aliphatic rings. The van der Waals surface area contributed by atoms with Crippen LogP contribution in [-0.4, -0.2) is 39.3 Å². The van der Waals surface area contributed by atoms with Gasteiger partial charge in [0.15, 0.2) is 0 Å². The Labute approximate surface area is 173 Å².